The highest BCUT2D eigenvalue weighted by Crippen LogP contribution is 1.96. The highest BCUT2D eigenvalue weighted by molar-refractivity contribution is 5.74. The van der Waals surface area contributed by atoms with Crippen molar-refractivity contribution in [1.82, 2.24) is 10.6 Å². The molecule has 0 aromatic heterocycles. The SMILES string of the molecule is C/C=C/NC(=O)NCc1ccccc1. The van der Waals surface area contributed by atoms with Crippen molar-refractivity contribution in [2.24, 2.45) is 0 Å². The summed E-state index contributed by atoms with van der Waals surface area (Å²) in [5, 5.41) is 5.30. The van der Waals surface area contributed by atoms with Gasteiger partial charge in [-0.2, -0.15) is 0 Å². The first-order valence-corrected chi connectivity index (χ1v) is 4.52. The number of carbonyl (C=O) groups is 1. The summed E-state index contributed by atoms with van der Waals surface area (Å²) >= 11 is 0. The van der Waals surface area contributed by atoms with Crippen LogP contribution in [0.1, 0.15) is 12.5 Å². The van der Waals surface area contributed by atoms with E-state index in [0.717, 1.165) is 5.56 Å². The molecule has 0 heterocycles. The van der Waals surface area contributed by atoms with E-state index in [1.54, 1.807) is 12.3 Å². The molecule has 0 fully saturated rings. The molecule has 1 aromatic rings. The molecular weight excluding hydrogens is 176 g/mol. The molecule has 0 bridgehead atoms. The van der Waals surface area contributed by atoms with Crippen LogP contribution in [-0.2, 0) is 6.54 Å². The standard InChI is InChI=1S/C11H14N2O/c1-2-8-12-11(14)13-9-10-6-4-3-5-7-10/h2-8H,9H2,1H3,(H2,12,13,14)/b8-2+. The summed E-state index contributed by atoms with van der Waals surface area (Å²) in [6.45, 7) is 2.39. The number of carbonyl (C=O) groups excluding carboxylic acids is 1. The molecule has 0 aliphatic heterocycles. The fourth-order valence-electron chi connectivity index (χ4n) is 0.988. The maximum Gasteiger partial charge on any atom is 0.319 e. The van der Waals surface area contributed by atoms with Crippen LogP contribution in [0.2, 0.25) is 0 Å². The lowest BCUT2D eigenvalue weighted by atomic mass is 10.2. The molecule has 1 aromatic carbocycles. The molecule has 0 aliphatic carbocycles. The number of nitrogens with one attached hydrogen (secondary N) is 2. The van der Waals surface area contributed by atoms with Crippen LogP contribution < -0.4 is 10.6 Å². The lowest BCUT2D eigenvalue weighted by Gasteiger charge is -2.03. The average molecular weight is 190 g/mol. The first-order chi connectivity index (χ1) is 6.83. The van der Waals surface area contributed by atoms with Gasteiger partial charge in [0.1, 0.15) is 0 Å². The van der Waals surface area contributed by atoms with Gasteiger partial charge in [0.15, 0.2) is 0 Å². The number of hydrogen-bond donors (Lipinski definition) is 2. The fraction of sp³-hybridized carbons (Fsp3) is 0.182. The molecule has 1 rings (SSSR count). The Morgan fingerprint density at radius 1 is 1.36 bits per heavy atom. The van der Waals surface area contributed by atoms with E-state index < -0.39 is 0 Å². The summed E-state index contributed by atoms with van der Waals surface area (Å²) in [5.41, 5.74) is 1.09. The average Bonchev–Trinajstić information content (AvgIpc) is 2.25. The summed E-state index contributed by atoms with van der Waals surface area (Å²) in [6, 6.07) is 9.59. The molecule has 74 valence electrons. The minimum atomic E-state index is -0.188. The third-order valence-corrected chi connectivity index (χ3v) is 1.68. The second-order valence-electron chi connectivity index (χ2n) is 2.81. The summed E-state index contributed by atoms with van der Waals surface area (Å²) in [4.78, 5) is 11.1. The predicted octanol–water partition coefficient (Wildman–Crippen LogP) is 2.02. The van der Waals surface area contributed by atoms with Crippen molar-refractivity contribution in [2.45, 2.75) is 13.5 Å². The predicted molar refractivity (Wildman–Crippen MR) is 56.6 cm³/mol. The zero-order chi connectivity index (χ0) is 10.2. The molecule has 0 saturated carbocycles. The Morgan fingerprint density at radius 3 is 2.71 bits per heavy atom. The minimum Gasteiger partial charge on any atom is -0.334 e. The Balaban J connectivity index is 2.31. The normalized spacial score (nSPS) is 10.1. The largest absolute Gasteiger partial charge is 0.334 e. The van der Waals surface area contributed by atoms with Gasteiger partial charge in [-0.15, -0.1) is 0 Å². The van der Waals surface area contributed by atoms with Crippen molar-refractivity contribution in [3.05, 3.63) is 48.2 Å². The molecule has 2 N–H and O–H groups in total. The third-order valence-electron chi connectivity index (χ3n) is 1.68. The van der Waals surface area contributed by atoms with Crippen LogP contribution in [-0.4, -0.2) is 6.03 Å². The van der Waals surface area contributed by atoms with Crippen molar-refractivity contribution in [2.75, 3.05) is 0 Å². The van der Waals surface area contributed by atoms with Crippen molar-refractivity contribution in [1.29, 1.82) is 0 Å². The number of rotatable bonds is 3. The number of hydrogen-bond acceptors (Lipinski definition) is 1. The number of amides is 2. The van der Waals surface area contributed by atoms with E-state index in [2.05, 4.69) is 10.6 Å². The van der Waals surface area contributed by atoms with Crippen LogP contribution >= 0.6 is 0 Å². The Hall–Kier alpha value is -1.77. The smallest absolute Gasteiger partial charge is 0.319 e. The van der Waals surface area contributed by atoms with E-state index in [0.29, 0.717) is 6.54 Å². The zero-order valence-electron chi connectivity index (χ0n) is 8.16. The molecule has 0 atom stereocenters. The van der Waals surface area contributed by atoms with E-state index >= 15 is 0 Å². The van der Waals surface area contributed by atoms with Gasteiger partial charge >= 0.3 is 6.03 Å². The molecule has 2 amide bonds. The summed E-state index contributed by atoms with van der Waals surface area (Å²) in [7, 11) is 0. The Bertz CT molecular complexity index is 306. The number of benzene rings is 1. The lowest BCUT2D eigenvalue weighted by molar-refractivity contribution is 0.243. The zero-order valence-corrected chi connectivity index (χ0v) is 8.16. The van der Waals surface area contributed by atoms with E-state index in [1.165, 1.54) is 0 Å². The molecule has 0 aliphatic rings. The van der Waals surface area contributed by atoms with Crippen molar-refractivity contribution < 1.29 is 4.79 Å². The second-order valence-corrected chi connectivity index (χ2v) is 2.81. The monoisotopic (exact) mass is 190 g/mol. The Morgan fingerprint density at radius 2 is 2.07 bits per heavy atom. The van der Waals surface area contributed by atoms with Crippen LogP contribution in [0.4, 0.5) is 4.79 Å². The first kappa shape index (κ1) is 10.3. The molecule has 14 heavy (non-hydrogen) atoms. The number of urea groups is 1. The highest BCUT2D eigenvalue weighted by Gasteiger charge is 1.95. The van der Waals surface area contributed by atoms with Gasteiger partial charge in [0.05, 0.1) is 0 Å². The van der Waals surface area contributed by atoms with E-state index in [4.69, 9.17) is 0 Å². The third kappa shape index (κ3) is 3.76. The van der Waals surface area contributed by atoms with Crippen LogP contribution in [0.3, 0.4) is 0 Å². The van der Waals surface area contributed by atoms with Crippen molar-refractivity contribution >= 4 is 6.03 Å². The van der Waals surface area contributed by atoms with Gasteiger partial charge in [-0.3, -0.25) is 0 Å². The van der Waals surface area contributed by atoms with Crippen LogP contribution in [0.15, 0.2) is 42.6 Å². The van der Waals surface area contributed by atoms with E-state index in [-0.39, 0.29) is 6.03 Å². The fourth-order valence-corrected chi connectivity index (χ4v) is 0.988. The van der Waals surface area contributed by atoms with E-state index in [9.17, 15) is 4.79 Å². The maximum atomic E-state index is 11.1. The Kier molecular flexibility index (Phi) is 4.27. The second kappa shape index (κ2) is 5.80. The summed E-state index contributed by atoms with van der Waals surface area (Å²) < 4.78 is 0. The molecular formula is C11H14N2O. The molecule has 0 unspecified atom stereocenters. The number of allylic oxidation sites excluding steroid dienone is 1. The van der Waals surface area contributed by atoms with Gasteiger partial charge in [0, 0.05) is 12.7 Å². The van der Waals surface area contributed by atoms with Gasteiger partial charge in [-0.1, -0.05) is 36.4 Å². The van der Waals surface area contributed by atoms with E-state index in [1.807, 2.05) is 37.3 Å². The first-order valence-electron chi connectivity index (χ1n) is 4.52. The molecule has 3 heteroatoms. The van der Waals surface area contributed by atoms with Gasteiger partial charge in [0.25, 0.3) is 0 Å². The van der Waals surface area contributed by atoms with Crippen molar-refractivity contribution in [3.63, 3.8) is 0 Å². The van der Waals surface area contributed by atoms with Gasteiger partial charge in [0.2, 0.25) is 0 Å². The maximum absolute atomic E-state index is 11.1. The van der Waals surface area contributed by atoms with Gasteiger partial charge < -0.3 is 10.6 Å². The molecule has 0 radical (unpaired) electrons. The van der Waals surface area contributed by atoms with Crippen LogP contribution in [0.25, 0.3) is 0 Å². The lowest BCUT2D eigenvalue weighted by Crippen LogP contribution is -2.31. The van der Waals surface area contributed by atoms with Gasteiger partial charge in [-0.25, -0.2) is 4.79 Å². The quantitative estimate of drug-likeness (QED) is 0.752. The van der Waals surface area contributed by atoms with Gasteiger partial charge in [-0.05, 0) is 12.5 Å². The molecule has 0 spiro atoms. The highest BCUT2D eigenvalue weighted by atomic mass is 16.2. The summed E-state index contributed by atoms with van der Waals surface area (Å²) in [5.74, 6) is 0. The molecule has 0 saturated heterocycles. The van der Waals surface area contributed by atoms with Crippen molar-refractivity contribution in [3.8, 4) is 0 Å². The van der Waals surface area contributed by atoms with Crippen LogP contribution in [0.5, 0.6) is 0 Å². The van der Waals surface area contributed by atoms with Crippen LogP contribution in [0, 0.1) is 0 Å². The summed E-state index contributed by atoms with van der Waals surface area (Å²) in [6.07, 6.45) is 3.36. The molecule has 3 nitrogen and oxygen atoms in total. The Labute approximate surface area is 83.8 Å². The minimum absolute atomic E-state index is 0.188. The topological polar surface area (TPSA) is 41.1 Å².